The Morgan fingerprint density at radius 2 is 1.60 bits per heavy atom. The third-order valence-electron chi connectivity index (χ3n) is 4.44. The van der Waals surface area contributed by atoms with Gasteiger partial charge in [-0.3, -0.25) is 9.59 Å². The topological polar surface area (TPSA) is 81.8 Å². The van der Waals surface area contributed by atoms with Crippen LogP contribution in [0.3, 0.4) is 0 Å². The largest absolute Gasteiger partial charge is 0.345 e. The van der Waals surface area contributed by atoms with Gasteiger partial charge in [0, 0.05) is 50.0 Å². The van der Waals surface area contributed by atoms with Crippen molar-refractivity contribution in [2.45, 2.75) is 33.4 Å². The van der Waals surface area contributed by atoms with Crippen LogP contribution in [0, 0.1) is 0 Å². The lowest BCUT2D eigenvalue weighted by Gasteiger charge is -2.22. The Bertz CT molecular complexity index is 892. The highest BCUT2D eigenvalue weighted by atomic mass is 16.2. The second-order valence-corrected chi connectivity index (χ2v) is 7.55. The molecule has 0 radical (unpaired) electrons. The fraction of sp³-hybridized carbons (Fsp3) is 0.348. The monoisotopic (exact) mass is 410 g/mol. The number of benzene rings is 2. The summed E-state index contributed by atoms with van der Waals surface area (Å²) in [7, 11) is 3.42. The highest BCUT2D eigenvalue weighted by Gasteiger charge is 2.16. The molecule has 160 valence electrons. The van der Waals surface area contributed by atoms with Gasteiger partial charge in [0.25, 0.3) is 11.8 Å². The summed E-state index contributed by atoms with van der Waals surface area (Å²) in [6, 6.07) is 13.9. The second kappa shape index (κ2) is 10.4. The number of rotatable bonds is 7. The second-order valence-electron chi connectivity index (χ2n) is 7.55. The van der Waals surface area contributed by atoms with Crippen LogP contribution in [-0.4, -0.2) is 54.3 Å². The van der Waals surface area contributed by atoms with E-state index in [0.29, 0.717) is 29.9 Å². The van der Waals surface area contributed by atoms with Crippen molar-refractivity contribution in [2.75, 3.05) is 26.0 Å². The van der Waals surface area contributed by atoms with Gasteiger partial charge in [0.1, 0.15) is 0 Å². The predicted octanol–water partition coefficient (Wildman–Crippen LogP) is 3.58. The summed E-state index contributed by atoms with van der Waals surface area (Å²) in [4.78, 5) is 40.2. The maximum Gasteiger partial charge on any atom is 0.319 e. The number of amides is 4. The van der Waals surface area contributed by atoms with Gasteiger partial charge in [-0.2, -0.15) is 0 Å². The van der Waals surface area contributed by atoms with E-state index < -0.39 is 0 Å². The van der Waals surface area contributed by atoms with Gasteiger partial charge in [0.05, 0.1) is 0 Å². The third-order valence-corrected chi connectivity index (χ3v) is 4.44. The summed E-state index contributed by atoms with van der Waals surface area (Å²) >= 11 is 0. The highest BCUT2D eigenvalue weighted by Crippen LogP contribution is 2.15. The quantitative estimate of drug-likeness (QED) is 0.732. The Balaban J connectivity index is 2.10. The maximum absolute atomic E-state index is 13.0. The molecular formula is C23H30N4O3. The summed E-state index contributed by atoms with van der Waals surface area (Å²) in [5, 5.41) is 5.50. The van der Waals surface area contributed by atoms with Crippen LogP contribution in [0.5, 0.6) is 0 Å². The Labute approximate surface area is 178 Å². The Hall–Kier alpha value is -3.35. The van der Waals surface area contributed by atoms with Crippen LogP contribution in [0.4, 0.5) is 10.5 Å². The van der Waals surface area contributed by atoms with Crippen LogP contribution in [-0.2, 0) is 6.54 Å². The number of urea groups is 1. The molecule has 2 rings (SSSR count). The lowest BCUT2D eigenvalue weighted by atomic mass is 10.1. The summed E-state index contributed by atoms with van der Waals surface area (Å²) < 4.78 is 0. The van der Waals surface area contributed by atoms with Crippen molar-refractivity contribution in [2.24, 2.45) is 0 Å². The number of nitrogens with zero attached hydrogens (tertiary/aromatic N) is 2. The summed E-state index contributed by atoms with van der Waals surface area (Å²) in [6.07, 6.45) is 0. The average molecular weight is 411 g/mol. The molecule has 0 saturated carbocycles. The van der Waals surface area contributed by atoms with Crippen molar-refractivity contribution in [1.29, 1.82) is 0 Å². The molecule has 0 atom stereocenters. The van der Waals surface area contributed by atoms with Crippen molar-refractivity contribution in [3.63, 3.8) is 0 Å². The zero-order valence-electron chi connectivity index (χ0n) is 18.2. The molecule has 0 aliphatic rings. The van der Waals surface area contributed by atoms with Crippen molar-refractivity contribution in [3.05, 3.63) is 65.2 Å². The Kier molecular flexibility index (Phi) is 7.98. The first-order valence-corrected chi connectivity index (χ1v) is 9.98. The molecule has 0 aromatic heterocycles. The van der Waals surface area contributed by atoms with Gasteiger partial charge >= 0.3 is 6.03 Å². The van der Waals surface area contributed by atoms with Gasteiger partial charge in [-0.05, 0) is 56.7 Å². The van der Waals surface area contributed by atoms with Crippen molar-refractivity contribution in [1.82, 2.24) is 15.1 Å². The number of carbonyl (C=O) groups is 3. The van der Waals surface area contributed by atoms with Crippen LogP contribution >= 0.6 is 0 Å². The van der Waals surface area contributed by atoms with E-state index >= 15 is 0 Å². The first-order valence-electron chi connectivity index (χ1n) is 9.98. The molecule has 0 heterocycles. The van der Waals surface area contributed by atoms with Gasteiger partial charge in [0.15, 0.2) is 0 Å². The van der Waals surface area contributed by atoms with E-state index in [4.69, 9.17) is 0 Å². The molecule has 0 aliphatic carbocycles. The summed E-state index contributed by atoms with van der Waals surface area (Å²) in [5.41, 5.74) is 2.60. The lowest BCUT2D eigenvalue weighted by molar-refractivity contribution is 0.0751. The molecule has 2 aromatic rings. The summed E-state index contributed by atoms with van der Waals surface area (Å²) in [6.45, 7) is 6.63. The fourth-order valence-corrected chi connectivity index (χ4v) is 2.90. The van der Waals surface area contributed by atoms with Gasteiger partial charge < -0.3 is 20.4 Å². The lowest BCUT2D eigenvalue weighted by Crippen LogP contribution is -2.34. The molecule has 7 heteroatoms. The molecule has 7 nitrogen and oxygen atoms in total. The van der Waals surface area contributed by atoms with E-state index in [-0.39, 0.29) is 23.9 Å². The maximum atomic E-state index is 13.0. The number of carbonyl (C=O) groups excluding carboxylic acids is 3. The van der Waals surface area contributed by atoms with Crippen LogP contribution in [0.25, 0.3) is 0 Å². The minimum absolute atomic E-state index is 0.0183. The van der Waals surface area contributed by atoms with Crippen molar-refractivity contribution in [3.8, 4) is 0 Å². The molecule has 0 fully saturated rings. The number of hydrogen-bond acceptors (Lipinski definition) is 3. The van der Waals surface area contributed by atoms with Gasteiger partial charge in [-0.25, -0.2) is 4.79 Å². The molecule has 30 heavy (non-hydrogen) atoms. The number of anilines is 1. The Morgan fingerprint density at radius 1 is 0.933 bits per heavy atom. The number of hydrogen-bond donors (Lipinski definition) is 2. The van der Waals surface area contributed by atoms with E-state index in [9.17, 15) is 14.4 Å². The van der Waals surface area contributed by atoms with Crippen LogP contribution in [0.2, 0.25) is 0 Å². The zero-order valence-corrected chi connectivity index (χ0v) is 18.2. The molecule has 2 aromatic carbocycles. The predicted molar refractivity (Wildman–Crippen MR) is 119 cm³/mol. The van der Waals surface area contributed by atoms with Crippen LogP contribution in [0.1, 0.15) is 47.1 Å². The van der Waals surface area contributed by atoms with E-state index in [0.717, 1.165) is 5.56 Å². The van der Waals surface area contributed by atoms with Gasteiger partial charge in [-0.1, -0.05) is 18.2 Å². The van der Waals surface area contributed by atoms with Crippen molar-refractivity contribution >= 4 is 23.5 Å². The minimum Gasteiger partial charge on any atom is -0.345 e. The molecule has 4 amide bonds. The molecule has 2 N–H and O–H groups in total. The molecule has 0 spiro atoms. The standard InChI is InChI=1S/C23H30N4O3/c1-6-27(15-17-10-12-18(13-11-17)21(28)26(4)5)22(29)19-8-7-9-20(14-19)25-23(30)24-16(2)3/h7-14,16H,6,15H2,1-5H3,(H2,24,25,30). The molecule has 0 saturated heterocycles. The van der Waals surface area contributed by atoms with Crippen molar-refractivity contribution < 1.29 is 14.4 Å². The molecule has 0 aliphatic heterocycles. The van der Waals surface area contributed by atoms with Gasteiger partial charge in [0.2, 0.25) is 0 Å². The first kappa shape index (κ1) is 22.9. The SMILES string of the molecule is CCN(Cc1ccc(C(=O)N(C)C)cc1)C(=O)c1cccc(NC(=O)NC(C)C)c1. The first-order chi connectivity index (χ1) is 14.2. The average Bonchev–Trinajstić information content (AvgIpc) is 2.70. The molecule has 0 bridgehead atoms. The van der Waals surface area contributed by atoms with E-state index in [1.807, 2.05) is 32.9 Å². The Morgan fingerprint density at radius 3 is 2.17 bits per heavy atom. The summed E-state index contributed by atoms with van der Waals surface area (Å²) in [5.74, 6) is -0.186. The van der Waals surface area contributed by atoms with E-state index in [1.54, 1.807) is 55.4 Å². The van der Waals surface area contributed by atoms with E-state index in [2.05, 4.69) is 10.6 Å². The van der Waals surface area contributed by atoms with Crippen LogP contribution in [0.15, 0.2) is 48.5 Å². The molecular weight excluding hydrogens is 380 g/mol. The number of nitrogens with one attached hydrogen (secondary N) is 2. The van der Waals surface area contributed by atoms with E-state index in [1.165, 1.54) is 4.90 Å². The van der Waals surface area contributed by atoms with Crippen LogP contribution < -0.4 is 10.6 Å². The van der Waals surface area contributed by atoms with Gasteiger partial charge in [-0.15, -0.1) is 0 Å². The smallest absolute Gasteiger partial charge is 0.319 e. The zero-order chi connectivity index (χ0) is 22.3. The highest BCUT2D eigenvalue weighted by molar-refractivity contribution is 5.97. The molecule has 0 unspecified atom stereocenters. The third kappa shape index (κ3) is 6.34. The fourth-order valence-electron chi connectivity index (χ4n) is 2.90. The normalized spacial score (nSPS) is 10.5. The minimum atomic E-state index is -0.311.